The second-order valence-electron chi connectivity index (χ2n) is 3.31. The lowest BCUT2D eigenvalue weighted by Gasteiger charge is -2.10. The van der Waals surface area contributed by atoms with Crippen LogP contribution in [0.4, 0.5) is 0 Å². The van der Waals surface area contributed by atoms with E-state index >= 15 is 0 Å². The number of carbonyl (C=O) groups excluding carboxylic acids is 1. The largest absolute Gasteiger partial charge is 0.463 e. The van der Waals surface area contributed by atoms with Gasteiger partial charge < -0.3 is 9.47 Å². The van der Waals surface area contributed by atoms with Gasteiger partial charge in [0.05, 0.1) is 18.8 Å². The van der Waals surface area contributed by atoms with Crippen LogP contribution in [0.5, 0.6) is 0 Å². The van der Waals surface area contributed by atoms with Crippen molar-refractivity contribution in [1.82, 2.24) is 0 Å². The minimum absolute atomic E-state index is 0.0567. The zero-order valence-electron chi connectivity index (χ0n) is 7.71. The Morgan fingerprint density at radius 2 is 2.42 bits per heavy atom. The minimum atomic E-state index is -0.190. The van der Waals surface area contributed by atoms with Crippen LogP contribution in [0.15, 0.2) is 0 Å². The van der Waals surface area contributed by atoms with Crippen LogP contribution >= 0.6 is 0 Å². The topological polar surface area (TPSA) is 38.8 Å². The summed E-state index contributed by atoms with van der Waals surface area (Å²) in [4.78, 5) is 10.5. The Morgan fingerprint density at radius 1 is 1.75 bits per heavy atom. The van der Waals surface area contributed by atoms with Crippen LogP contribution in [0, 0.1) is 0 Å². The van der Waals surface area contributed by atoms with Gasteiger partial charge in [0.15, 0.2) is 0 Å². The molecule has 12 heavy (non-hydrogen) atoms. The Labute approximate surface area is 73.0 Å². The summed E-state index contributed by atoms with van der Waals surface area (Å²) >= 11 is 0. The average molecular weight is 172 g/mol. The highest BCUT2D eigenvalue weighted by molar-refractivity contribution is 5.66. The number of ether oxygens (including phenoxy) is 2. The standard InChI is InChI=1S/C9H16O3/c1-7(12-8(2)10)4-3-5-9-6-11-9/h7,9H,3-6H2,1-2H3. The molecule has 0 N–H and O–H groups in total. The summed E-state index contributed by atoms with van der Waals surface area (Å²) < 4.78 is 10.0. The predicted octanol–water partition coefficient (Wildman–Crippen LogP) is 1.51. The molecule has 1 rings (SSSR count). The van der Waals surface area contributed by atoms with E-state index in [0.717, 1.165) is 25.9 Å². The summed E-state index contributed by atoms with van der Waals surface area (Å²) in [6, 6.07) is 0. The maximum Gasteiger partial charge on any atom is 0.302 e. The van der Waals surface area contributed by atoms with Crippen molar-refractivity contribution < 1.29 is 14.3 Å². The molecule has 0 saturated carbocycles. The zero-order chi connectivity index (χ0) is 8.97. The van der Waals surface area contributed by atoms with Crippen molar-refractivity contribution in [3.05, 3.63) is 0 Å². The smallest absolute Gasteiger partial charge is 0.302 e. The molecule has 0 spiro atoms. The first-order valence-electron chi connectivity index (χ1n) is 4.47. The van der Waals surface area contributed by atoms with Gasteiger partial charge in [-0.2, -0.15) is 0 Å². The molecule has 0 bridgehead atoms. The fourth-order valence-electron chi connectivity index (χ4n) is 1.21. The van der Waals surface area contributed by atoms with E-state index in [1.165, 1.54) is 6.92 Å². The van der Waals surface area contributed by atoms with Gasteiger partial charge in [0, 0.05) is 6.92 Å². The molecule has 0 aromatic carbocycles. The van der Waals surface area contributed by atoms with Gasteiger partial charge in [-0.25, -0.2) is 0 Å². The molecular formula is C9H16O3. The van der Waals surface area contributed by atoms with Crippen molar-refractivity contribution in [3.63, 3.8) is 0 Å². The first-order valence-corrected chi connectivity index (χ1v) is 4.47. The van der Waals surface area contributed by atoms with Gasteiger partial charge in [-0.1, -0.05) is 0 Å². The monoisotopic (exact) mass is 172 g/mol. The van der Waals surface area contributed by atoms with Gasteiger partial charge in [0.1, 0.15) is 0 Å². The zero-order valence-corrected chi connectivity index (χ0v) is 7.71. The van der Waals surface area contributed by atoms with E-state index in [4.69, 9.17) is 9.47 Å². The van der Waals surface area contributed by atoms with Crippen LogP contribution in [0.2, 0.25) is 0 Å². The SMILES string of the molecule is CC(=O)OC(C)CCCC1CO1. The molecule has 0 aromatic heterocycles. The van der Waals surface area contributed by atoms with Gasteiger partial charge in [0.2, 0.25) is 0 Å². The molecule has 0 amide bonds. The van der Waals surface area contributed by atoms with Gasteiger partial charge in [-0.05, 0) is 26.2 Å². The van der Waals surface area contributed by atoms with Crippen molar-refractivity contribution in [1.29, 1.82) is 0 Å². The molecule has 1 aliphatic rings. The third-order valence-electron chi connectivity index (χ3n) is 1.91. The van der Waals surface area contributed by atoms with E-state index in [1.54, 1.807) is 0 Å². The van der Waals surface area contributed by atoms with Crippen molar-refractivity contribution in [2.45, 2.75) is 45.3 Å². The van der Waals surface area contributed by atoms with E-state index in [1.807, 2.05) is 6.92 Å². The summed E-state index contributed by atoms with van der Waals surface area (Å²) in [7, 11) is 0. The summed E-state index contributed by atoms with van der Waals surface area (Å²) in [5, 5.41) is 0. The summed E-state index contributed by atoms with van der Waals surface area (Å²) in [6.45, 7) is 4.29. The Bertz CT molecular complexity index is 152. The molecule has 70 valence electrons. The van der Waals surface area contributed by atoms with Crippen molar-refractivity contribution in [3.8, 4) is 0 Å². The molecule has 0 aliphatic carbocycles. The molecule has 1 fully saturated rings. The maximum absolute atomic E-state index is 10.5. The minimum Gasteiger partial charge on any atom is -0.463 e. The van der Waals surface area contributed by atoms with Crippen LogP contribution < -0.4 is 0 Å². The number of hydrogen-bond acceptors (Lipinski definition) is 3. The molecule has 1 heterocycles. The summed E-state index contributed by atoms with van der Waals surface area (Å²) in [6.07, 6.45) is 3.68. The number of carbonyl (C=O) groups is 1. The van der Waals surface area contributed by atoms with Crippen LogP contribution in [-0.2, 0) is 14.3 Å². The summed E-state index contributed by atoms with van der Waals surface area (Å²) in [5.74, 6) is -0.190. The first-order chi connectivity index (χ1) is 5.68. The number of epoxide rings is 1. The molecule has 2 unspecified atom stereocenters. The average Bonchev–Trinajstić information content (AvgIpc) is 2.69. The molecule has 3 heteroatoms. The van der Waals surface area contributed by atoms with Gasteiger partial charge in [0.25, 0.3) is 0 Å². The molecule has 1 aliphatic heterocycles. The molecule has 3 nitrogen and oxygen atoms in total. The fourth-order valence-corrected chi connectivity index (χ4v) is 1.21. The fraction of sp³-hybridized carbons (Fsp3) is 0.889. The maximum atomic E-state index is 10.5. The van der Waals surface area contributed by atoms with E-state index in [9.17, 15) is 4.79 Å². The second kappa shape index (κ2) is 4.45. The lowest BCUT2D eigenvalue weighted by Crippen LogP contribution is -2.12. The number of esters is 1. The number of hydrogen-bond donors (Lipinski definition) is 0. The molecule has 1 saturated heterocycles. The van der Waals surface area contributed by atoms with Crippen molar-refractivity contribution in [2.75, 3.05) is 6.61 Å². The molecular weight excluding hydrogens is 156 g/mol. The first kappa shape index (κ1) is 9.52. The Kier molecular flexibility index (Phi) is 3.53. The number of rotatable bonds is 5. The lowest BCUT2D eigenvalue weighted by atomic mass is 10.1. The van der Waals surface area contributed by atoms with Gasteiger partial charge in [-0.3, -0.25) is 4.79 Å². The quantitative estimate of drug-likeness (QED) is 0.466. The van der Waals surface area contributed by atoms with Crippen LogP contribution in [0.3, 0.4) is 0 Å². The van der Waals surface area contributed by atoms with Crippen LogP contribution in [0.25, 0.3) is 0 Å². The Balaban J connectivity index is 1.93. The highest BCUT2D eigenvalue weighted by atomic mass is 16.6. The molecule has 0 radical (unpaired) electrons. The third kappa shape index (κ3) is 4.34. The lowest BCUT2D eigenvalue weighted by molar-refractivity contribution is -0.145. The Hall–Kier alpha value is -0.570. The van der Waals surface area contributed by atoms with Crippen LogP contribution in [0.1, 0.15) is 33.1 Å². The van der Waals surface area contributed by atoms with E-state index < -0.39 is 0 Å². The highest BCUT2D eigenvalue weighted by Crippen LogP contribution is 2.17. The van der Waals surface area contributed by atoms with Gasteiger partial charge in [-0.15, -0.1) is 0 Å². The predicted molar refractivity (Wildman–Crippen MR) is 44.8 cm³/mol. The van der Waals surface area contributed by atoms with Gasteiger partial charge >= 0.3 is 5.97 Å². The van der Waals surface area contributed by atoms with Crippen LogP contribution in [-0.4, -0.2) is 24.8 Å². The third-order valence-corrected chi connectivity index (χ3v) is 1.91. The second-order valence-corrected chi connectivity index (χ2v) is 3.31. The van der Waals surface area contributed by atoms with E-state index in [-0.39, 0.29) is 12.1 Å². The highest BCUT2D eigenvalue weighted by Gasteiger charge is 2.21. The Morgan fingerprint density at radius 3 is 2.92 bits per heavy atom. The van der Waals surface area contributed by atoms with Crippen molar-refractivity contribution >= 4 is 5.97 Å². The van der Waals surface area contributed by atoms with Crippen molar-refractivity contribution in [2.24, 2.45) is 0 Å². The van der Waals surface area contributed by atoms with E-state index in [2.05, 4.69) is 0 Å². The summed E-state index contributed by atoms with van der Waals surface area (Å²) in [5.41, 5.74) is 0. The van der Waals surface area contributed by atoms with E-state index in [0.29, 0.717) is 6.10 Å². The molecule has 2 atom stereocenters. The molecule has 0 aromatic rings. The normalized spacial score (nSPS) is 23.3.